The number of carbonyl (C=O) groups is 3. The first-order chi connectivity index (χ1) is 16.5. The van der Waals surface area contributed by atoms with Crippen molar-refractivity contribution >= 4 is 17.7 Å². The summed E-state index contributed by atoms with van der Waals surface area (Å²) in [5.74, 6) is -3.58. The lowest BCUT2D eigenvalue weighted by Crippen LogP contribution is -2.66. The summed E-state index contributed by atoms with van der Waals surface area (Å²) in [5, 5.41) is 34.3. The van der Waals surface area contributed by atoms with Gasteiger partial charge in [0.25, 0.3) is 0 Å². The molecule has 2 fully saturated rings. The van der Waals surface area contributed by atoms with Gasteiger partial charge >= 0.3 is 11.9 Å². The van der Waals surface area contributed by atoms with Gasteiger partial charge in [0.2, 0.25) is 0 Å². The summed E-state index contributed by atoms with van der Waals surface area (Å²) >= 11 is 0. The number of hydrogen-bond acceptors (Lipinski definition) is 8. The van der Waals surface area contributed by atoms with Gasteiger partial charge in [-0.1, -0.05) is 53.7 Å². The van der Waals surface area contributed by atoms with E-state index in [1.54, 1.807) is 26.0 Å². The van der Waals surface area contributed by atoms with E-state index < -0.39 is 76.5 Å². The third-order valence-electron chi connectivity index (χ3n) is 9.95. The summed E-state index contributed by atoms with van der Waals surface area (Å²) in [4.78, 5) is 39.7. The predicted molar refractivity (Wildman–Crippen MR) is 130 cm³/mol. The second-order valence-electron chi connectivity index (χ2n) is 12.4. The molecule has 8 nitrogen and oxygen atoms in total. The quantitative estimate of drug-likeness (QED) is 0.384. The number of carbonyl (C=O) groups excluding carboxylic acids is 3. The van der Waals surface area contributed by atoms with Gasteiger partial charge in [-0.05, 0) is 36.3 Å². The first-order valence-electron chi connectivity index (χ1n) is 12.9. The van der Waals surface area contributed by atoms with Gasteiger partial charge in [0, 0.05) is 24.2 Å². The zero-order chi connectivity index (χ0) is 27.2. The van der Waals surface area contributed by atoms with Crippen LogP contribution in [-0.4, -0.2) is 63.1 Å². The Labute approximate surface area is 212 Å². The molecule has 2 bridgehead atoms. The highest BCUT2D eigenvalue weighted by molar-refractivity contribution is 5.96. The Balaban J connectivity index is 1.91. The summed E-state index contributed by atoms with van der Waals surface area (Å²) in [6.45, 7) is 13.6. The Hall–Kier alpha value is -2.03. The molecular weight excluding hydrogens is 464 g/mol. The van der Waals surface area contributed by atoms with Crippen LogP contribution in [0.5, 0.6) is 0 Å². The van der Waals surface area contributed by atoms with Crippen LogP contribution in [0.3, 0.4) is 0 Å². The van der Waals surface area contributed by atoms with Gasteiger partial charge < -0.3 is 24.8 Å². The van der Waals surface area contributed by atoms with Gasteiger partial charge in [0.05, 0.1) is 17.9 Å². The van der Waals surface area contributed by atoms with Crippen LogP contribution < -0.4 is 0 Å². The Morgan fingerprint density at radius 2 is 1.83 bits per heavy atom. The number of ether oxygens (including phenoxy) is 2. The smallest absolute Gasteiger partial charge is 0.309 e. The van der Waals surface area contributed by atoms with Crippen LogP contribution in [0.2, 0.25) is 0 Å². The molecule has 1 spiro atoms. The minimum absolute atomic E-state index is 0.0144. The van der Waals surface area contributed by atoms with Crippen molar-refractivity contribution in [2.45, 2.75) is 85.2 Å². The van der Waals surface area contributed by atoms with Gasteiger partial charge in [-0.15, -0.1) is 0 Å². The monoisotopic (exact) mass is 504 g/mol. The number of Topliss-reactive ketones (excluding diaryl/α,β-unsaturated/α-hetero) is 1. The van der Waals surface area contributed by atoms with Crippen LogP contribution in [0.15, 0.2) is 23.3 Å². The molecule has 0 aliphatic heterocycles. The van der Waals surface area contributed by atoms with E-state index in [-0.39, 0.29) is 23.7 Å². The molecule has 9 atom stereocenters. The first-order valence-corrected chi connectivity index (χ1v) is 12.9. The van der Waals surface area contributed by atoms with Crippen molar-refractivity contribution in [1.29, 1.82) is 0 Å². The lowest BCUT2D eigenvalue weighted by atomic mass is 9.59. The predicted octanol–water partition coefficient (Wildman–Crippen LogP) is 2.34. The largest absolute Gasteiger partial charge is 0.458 e. The van der Waals surface area contributed by atoms with Crippen molar-refractivity contribution < 1.29 is 39.2 Å². The molecular formula is C28H40O8. The molecule has 0 amide bonds. The maximum Gasteiger partial charge on any atom is 0.309 e. The van der Waals surface area contributed by atoms with E-state index in [9.17, 15) is 29.7 Å². The van der Waals surface area contributed by atoms with Crippen LogP contribution in [0.1, 0.15) is 61.8 Å². The van der Waals surface area contributed by atoms with E-state index in [1.165, 1.54) is 6.92 Å². The van der Waals surface area contributed by atoms with E-state index in [0.29, 0.717) is 5.57 Å². The molecule has 4 aliphatic rings. The Morgan fingerprint density at radius 3 is 2.36 bits per heavy atom. The second-order valence-corrected chi connectivity index (χ2v) is 12.4. The molecule has 3 N–H and O–H groups in total. The van der Waals surface area contributed by atoms with Crippen LogP contribution in [0.4, 0.5) is 0 Å². The fourth-order valence-electron chi connectivity index (χ4n) is 7.65. The Kier molecular flexibility index (Phi) is 6.18. The molecule has 0 heterocycles. The van der Waals surface area contributed by atoms with Crippen molar-refractivity contribution in [1.82, 2.24) is 0 Å². The fraction of sp³-hybridized carbons (Fsp3) is 0.750. The fourth-order valence-corrected chi connectivity index (χ4v) is 7.65. The number of aliphatic hydroxyl groups is 3. The Bertz CT molecular complexity index is 1060. The minimum atomic E-state index is -2.23. The number of esters is 2. The third kappa shape index (κ3) is 3.13. The van der Waals surface area contributed by atoms with Gasteiger partial charge in [0.1, 0.15) is 11.7 Å². The number of hydrogen-bond donors (Lipinski definition) is 3. The number of ketones is 1. The summed E-state index contributed by atoms with van der Waals surface area (Å²) in [6.07, 6.45) is 0.550. The molecule has 36 heavy (non-hydrogen) atoms. The lowest BCUT2D eigenvalue weighted by molar-refractivity contribution is -0.206. The summed E-state index contributed by atoms with van der Waals surface area (Å²) in [7, 11) is 0. The van der Waals surface area contributed by atoms with Crippen molar-refractivity contribution in [2.75, 3.05) is 6.61 Å². The molecule has 8 heteroatoms. The number of allylic oxidation sites excluding steroid dienone is 1. The summed E-state index contributed by atoms with van der Waals surface area (Å²) < 4.78 is 11.8. The van der Waals surface area contributed by atoms with E-state index in [0.717, 1.165) is 0 Å². The van der Waals surface area contributed by atoms with Crippen molar-refractivity contribution in [2.24, 2.45) is 40.4 Å². The van der Waals surface area contributed by atoms with E-state index in [4.69, 9.17) is 9.47 Å². The highest BCUT2D eigenvalue weighted by Gasteiger charge is 2.83. The maximum atomic E-state index is 14.5. The summed E-state index contributed by atoms with van der Waals surface area (Å²) in [6, 6.07) is 0. The van der Waals surface area contributed by atoms with Crippen LogP contribution in [0.25, 0.3) is 0 Å². The van der Waals surface area contributed by atoms with Crippen molar-refractivity contribution in [3.05, 3.63) is 23.3 Å². The number of fused-ring (bicyclic) bond motifs is 3. The molecule has 0 radical (unpaired) electrons. The molecule has 200 valence electrons. The van der Waals surface area contributed by atoms with Crippen LogP contribution in [-0.2, 0) is 23.9 Å². The van der Waals surface area contributed by atoms with E-state index >= 15 is 0 Å². The zero-order valence-corrected chi connectivity index (χ0v) is 22.5. The maximum absolute atomic E-state index is 14.5. The SMILES string of the molecule is CC(=O)O[C@@]12C[C@@H](C)[C@]34C=C(C)[C@H](OC(=O)C(C)C(C)C)[C@@]3(O)[C@H](O)C(CO)=C[C@H](C4=O)[C@@H]1C2(C)C. The molecule has 4 rings (SSSR count). The average Bonchev–Trinajstić information content (AvgIpc) is 3.17. The zero-order valence-electron chi connectivity index (χ0n) is 22.5. The highest BCUT2D eigenvalue weighted by atomic mass is 16.6. The highest BCUT2D eigenvalue weighted by Crippen LogP contribution is 2.75. The van der Waals surface area contributed by atoms with Gasteiger partial charge in [-0.3, -0.25) is 14.4 Å². The van der Waals surface area contributed by atoms with Gasteiger partial charge in [-0.2, -0.15) is 0 Å². The molecule has 0 saturated heterocycles. The average molecular weight is 505 g/mol. The molecule has 2 saturated carbocycles. The van der Waals surface area contributed by atoms with Crippen LogP contribution >= 0.6 is 0 Å². The lowest BCUT2D eigenvalue weighted by Gasteiger charge is -2.49. The second kappa shape index (κ2) is 8.23. The molecule has 4 aliphatic carbocycles. The standard InChI is InChI=1S/C28H40O8/c1-13(2)16(5)24(33)35-23-14(3)10-26-15(4)11-27(36-17(6)30)20(25(27,7)8)19(22(26)32)9-18(12-29)21(31)28(23,26)34/h9-10,13,15-16,19-21,23,29,31,34H,11-12H2,1-8H3/t15-,16?,19+,20-,21-,23+,26+,27+,28+/m1/s1. The normalized spacial score (nSPS) is 43.3. The molecule has 0 aromatic carbocycles. The molecule has 1 unspecified atom stereocenters. The van der Waals surface area contributed by atoms with Crippen molar-refractivity contribution in [3.8, 4) is 0 Å². The van der Waals surface area contributed by atoms with Crippen LogP contribution in [0, 0.1) is 40.4 Å². The molecule has 0 aromatic rings. The van der Waals surface area contributed by atoms with Crippen molar-refractivity contribution in [3.63, 3.8) is 0 Å². The topological polar surface area (TPSA) is 130 Å². The van der Waals surface area contributed by atoms with Gasteiger partial charge in [0.15, 0.2) is 17.5 Å². The van der Waals surface area contributed by atoms with E-state index in [1.807, 2.05) is 34.6 Å². The summed E-state index contributed by atoms with van der Waals surface area (Å²) in [5.41, 5.74) is -4.76. The Morgan fingerprint density at radius 1 is 1.22 bits per heavy atom. The number of aliphatic hydroxyl groups excluding tert-OH is 2. The number of rotatable bonds is 5. The third-order valence-corrected chi connectivity index (χ3v) is 9.95. The first kappa shape index (κ1) is 27.0. The molecule has 0 aromatic heterocycles. The van der Waals surface area contributed by atoms with E-state index in [2.05, 4.69) is 0 Å². The van der Waals surface area contributed by atoms with Gasteiger partial charge in [-0.25, -0.2) is 0 Å². The minimum Gasteiger partial charge on any atom is -0.458 e.